The third-order valence-electron chi connectivity index (χ3n) is 8.37. The first-order valence-corrected chi connectivity index (χ1v) is 19.1. The van der Waals surface area contributed by atoms with Crippen LogP contribution in [0.2, 0.25) is 0 Å². The van der Waals surface area contributed by atoms with Crippen molar-refractivity contribution in [1.82, 2.24) is 0 Å². The van der Waals surface area contributed by atoms with Gasteiger partial charge in [-0.25, -0.2) is 9.59 Å². The fourth-order valence-electron chi connectivity index (χ4n) is 5.49. The molecule has 0 aromatic rings. The van der Waals surface area contributed by atoms with E-state index in [1.165, 1.54) is 179 Å². The number of esters is 2. The van der Waals surface area contributed by atoms with Gasteiger partial charge in [-0.05, 0) is 37.8 Å². The second kappa shape index (κ2) is 37.3. The van der Waals surface area contributed by atoms with E-state index in [1.54, 1.807) is 0 Å². The number of unbranched alkanes of at least 4 members (excludes halogenated alkanes) is 28. The molecule has 0 amide bonds. The van der Waals surface area contributed by atoms with Crippen LogP contribution in [0.5, 0.6) is 0 Å². The predicted molar refractivity (Wildman–Crippen MR) is 189 cm³/mol. The van der Waals surface area contributed by atoms with Gasteiger partial charge in [0.05, 0.1) is 12.5 Å². The van der Waals surface area contributed by atoms with E-state index in [1.807, 2.05) is 12.2 Å². The highest BCUT2D eigenvalue weighted by Crippen LogP contribution is 2.15. The largest absolute Gasteiger partial charge is 0.432 e. The Morgan fingerprint density at radius 3 is 0.841 bits per heavy atom. The minimum Gasteiger partial charge on any atom is -0.432 e. The molecule has 0 aromatic heterocycles. The van der Waals surface area contributed by atoms with Gasteiger partial charge < -0.3 is 9.47 Å². The molecule has 0 heterocycles. The summed E-state index contributed by atoms with van der Waals surface area (Å²) >= 11 is 0. The van der Waals surface area contributed by atoms with E-state index in [0.717, 1.165) is 37.8 Å². The summed E-state index contributed by atoms with van der Waals surface area (Å²) in [5, 5.41) is 0. The van der Waals surface area contributed by atoms with Crippen molar-refractivity contribution in [2.45, 2.75) is 206 Å². The van der Waals surface area contributed by atoms with Crippen LogP contribution in [0.15, 0.2) is 36.8 Å². The van der Waals surface area contributed by atoms with Crippen LogP contribution in [0.3, 0.4) is 0 Å². The number of hydrogen-bond acceptors (Lipinski definition) is 4. The average Bonchev–Trinajstić information content (AvgIpc) is 3.03. The second-order valence-corrected chi connectivity index (χ2v) is 12.7. The van der Waals surface area contributed by atoms with Crippen LogP contribution in [0, 0.1) is 0 Å². The van der Waals surface area contributed by atoms with Crippen molar-refractivity contribution in [3.8, 4) is 0 Å². The number of ether oxygens (including phenoxy) is 2. The van der Waals surface area contributed by atoms with Gasteiger partial charge in [-0.2, -0.15) is 0 Å². The van der Waals surface area contributed by atoms with E-state index in [9.17, 15) is 9.59 Å². The fraction of sp³-hybridized carbons (Fsp3) is 0.800. The van der Waals surface area contributed by atoms with Crippen molar-refractivity contribution in [1.29, 1.82) is 0 Å². The predicted octanol–water partition coefficient (Wildman–Crippen LogP) is 13.4. The molecule has 4 nitrogen and oxygen atoms in total. The third kappa shape index (κ3) is 36.4. The molecule has 0 fully saturated rings. The molecular formula is C40H72O4. The first kappa shape index (κ1) is 42.2. The van der Waals surface area contributed by atoms with Gasteiger partial charge in [-0.1, -0.05) is 181 Å². The maximum Gasteiger partial charge on any atom is 0.335 e. The van der Waals surface area contributed by atoms with Crippen LogP contribution >= 0.6 is 0 Å². The van der Waals surface area contributed by atoms with Crippen molar-refractivity contribution >= 4 is 11.9 Å². The van der Waals surface area contributed by atoms with E-state index in [4.69, 9.17) is 9.47 Å². The molecule has 0 atom stereocenters. The highest BCUT2D eigenvalue weighted by atomic mass is 16.5. The molecule has 256 valence electrons. The molecule has 0 saturated heterocycles. The Bertz CT molecular complexity index is 635. The van der Waals surface area contributed by atoms with Crippen molar-refractivity contribution < 1.29 is 19.1 Å². The second-order valence-electron chi connectivity index (χ2n) is 12.7. The maximum absolute atomic E-state index is 11.8. The molecule has 0 rings (SSSR count). The normalized spacial score (nSPS) is 11.8. The summed E-state index contributed by atoms with van der Waals surface area (Å²) in [4.78, 5) is 23.5. The minimum atomic E-state index is -0.564. The summed E-state index contributed by atoms with van der Waals surface area (Å²) in [7, 11) is 0. The Kier molecular flexibility index (Phi) is 35.8. The quantitative estimate of drug-likeness (QED) is 0.0312. The van der Waals surface area contributed by atoms with Crippen LogP contribution in [0.1, 0.15) is 206 Å². The van der Waals surface area contributed by atoms with Crippen molar-refractivity contribution in [2.75, 3.05) is 0 Å². The Morgan fingerprint density at radius 2 is 0.591 bits per heavy atom. The van der Waals surface area contributed by atoms with Gasteiger partial charge in [0.15, 0.2) is 0 Å². The summed E-state index contributed by atoms with van der Waals surface area (Å²) in [6, 6.07) is 0. The molecule has 0 bridgehead atoms. The molecule has 0 aliphatic rings. The molecule has 0 aliphatic heterocycles. The van der Waals surface area contributed by atoms with E-state index < -0.39 is 11.9 Å². The Morgan fingerprint density at radius 1 is 0.364 bits per heavy atom. The molecule has 44 heavy (non-hydrogen) atoms. The molecule has 0 aromatic carbocycles. The maximum atomic E-state index is 11.8. The number of rotatable bonds is 34. The molecule has 0 radical (unpaired) electrons. The topological polar surface area (TPSA) is 52.6 Å². The molecule has 0 spiro atoms. The molecular weight excluding hydrogens is 544 g/mol. The summed E-state index contributed by atoms with van der Waals surface area (Å²) in [5.74, 6) is -1.13. The van der Waals surface area contributed by atoms with Gasteiger partial charge in [-0.3, -0.25) is 0 Å². The smallest absolute Gasteiger partial charge is 0.335 e. The molecule has 0 aliphatic carbocycles. The first-order chi connectivity index (χ1) is 21.7. The van der Waals surface area contributed by atoms with Crippen LogP contribution in [0.25, 0.3) is 0 Å². The van der Waals surface area contributed by atoms with Gasteiger partial charge in [0.2, 0.25) is 0 Å². The molecule has 4 heteroatoms. The Hall–Kier alpha value is -1.84. The zero-order valence-electron chi connectivity index (χ0n) is 29.3. The van der Waals surface area contributed by atoms with E-state index >= 15 is 0 Å². The average molecular weight is 617 g/mol. The molecule has 0 saturated carbocycles. The zero-order valence-corrected chi connectivity index (χ0v) is 29.3. The lowest BCUT2D eigenvalue weighted by atomic mass is 10.0. The van der Waals surface area contributed by atoms with Gasteiger partial charge in [0, 0.05) is 12.2 Å². The summed E-state index contributed by atoms with van der Waals surface area (Å²) in [6.07, 6.45) is 48.4. The lowest BCUT2D eigenvalue weighted by molar-refractivity contribution is -0.135. The highest BCUT2D eigenvalue weighted by molar-refractivity contribution is 5.92. The van der Waals surface area contributed by atoms with Crippen molar-refractivity contribution in [3.63, 3.8) is 0 Å². The summed E-state index contributed by atoms with van der Waals surface area (Å²) in [5.41, 5.74) is 0. The summed E-state index contributed by atoms with van der Waals surface area (Å²) in [6.45, 7) is 4.55. The number of carbonyl (C=O) groups is 2. The van der Waals surface area contributed by atoms with Crippen molar-refractivity contribution in [3.05, 3.63) is 36.8 Å². The zero-order chi connectivity index (χ0) is 32.0. The van der Waals surface area contributed by atoms with E-state index in [-0.39, 0.29) is 0 Å². The van der Waals surface area contributed by atoms with Crippen molar-refractivity contribution in [2.24, 2.45) is 0 Å². The van der Waals surface area contributed by atoms with Crippen LogP contribution in [-0.2, 0) is 19.1 Å². The number of carbonyl (C=O) groups excluding carboxylic acids is 2. The monoisotopic (exact) mass is 617 g/mol. The Balaban J connectivity index is 3.46. The lowest BCUT2D eigenvalue weighted by Gasteiger charge is -2.02. The van der Waals surface area contributed by atoms with E-state index in [0.29, 0.717) is 0 Å². The van der Waals surface area contributed by atoms with Crippen LogP contribution in [0.4, 0.5) is 0 Å². The first-order valence-electron chi connectivity index (χ1n) is 19.1. The minimum absolute atomic E-state index is 0.564. The molecule has 0 N–H and O–H groups in total. The van der Waals surface area contributed by atoms with Gasteiger partial charge in [0.25, 0.3) is 0 Å². The standard InChI is InChI=1S/C40H72O4/c1-3-5-7-9-11-13-15-17-19-21-23-25-27-29-31-33-37-43-39(41)35-36-40(42)44-38-34-32-30-28-26-24-22-20-18-16-14-12-10-8-6-4-2/h33-38H,3-32H2,1-2H3/b36-35+,37-33+,38-34+. The highest BCUT2D eigenvalue weighted by Gasteiger charge is 1.99. The molecule has 0 unspecified atom stereocenters. The van der Waals surface area contributed by atoms with Gasteiger partial charge in [-0.15, -0.1) is 0 Å². The van der Waals surface area contributed by atoms with Gasteiger partial charge >= 0.3 is 11.9 Å². The van der Waals surface area contributed by atoms with Crippen LogP contribution in [-0.4, -0.2) is 11.9 Å². The van der Waals surface area contributed by atoms with E-state index in [2.05, 4.69) is 13.8 Å². The number of hydrogen-bond donors (Lipinski definition) is 0. The third-order valence-corrected chi connectivity index (χ3v) is 8.37. The SMILES string of the molecule is CCCCCCCCCCCCCCCC/C=C/OC(=O)/C=C/C(=O)O/C=C/CCCCCCCCCCCCCCCC. The summed E-state index contributed by atoms with van der Waals surface area (Å²) < 4.78 is 10.0. The number of allylic oxidation sites excluding steroid dienone is 2. The van der Waals surface area contributed by atoms with Gasteiger partial charge in [0.1, 0.15) is 0 Å². The van der Waals surface area contributed by atoms with Crippen LogP contribution < -0.4 is 0 Å². The Labute approximate surface area is 273 Å². The fourth-order valence-corrected chi connectivity index (χ4v) is 5.49. The lowest BCUT2D eigenvalue weighted by Crippen LogP contribution is -1.98.